The second-order valence-corrected chi connectivity index (χ2v) is 4.11. The number of aliphatic hydroxyl groups is 1. The van der Waals surface area contributed by atoms with Crippen molar-refractivity contribution >= 4 is 31.9 Å². The van der Waals surface area contributed by atoms with Crippen molar-refractivity contribution in [1.29, 1.82) is 0 Å². The third kappa shape index (κ3) is 2.29. The minimum atomic E-state index is -0.429. The maximum atomic E-state index is 9.28. The largest absolute Gasteiger partial charge is 0.389 e. The number of aliphatic hydroxyl groups excluding tert-OH is 1. The number of rotatable bonds is 1. The highest BCUT2D eigenvalue weighted by Gasteiger charge is 2.05. The molecule has 0 radical (unpaired) electrons. The molecule has 1 nitrogen and oxygen atoms in total. The molecule has 0 fully saturated rings. The highest BCUT2D eigenvalue weighted by molar-refractivity contribution is 9.11. The zero-order chi connectivity index (χ0) is 8.43. The van der Waals surface area contributed by atoms with E-state index in [9.17, 15) is 5.11 Å². The number of hydrogen-bond donors (Lipinski definition) is 1. The molecular weight excluding hydrogens is 272 g/mol. The van der Waals surface area contributed by atoms with Crippen LogP contribution in [0.25, 0.3) is 0 Å². The molecule has 0 aromatic heterocycles. The Labute approximate surface area is 82.7 Å². The average molecular weight is 280 g/mol. The summed E-state index contributed by atoms with van der Waals surface area (Å²) in [4.78, 5) is 0. The monoisotopic (exact) mass is 278 g/mol. The van der Waals surface area contributed by atoms with Crippen LogP contribution in [-0.2, 0) is 0 Å². The number of hydrogen-bond acceptors (Lipinski definition) is 1. The molecule has 0 saturated heterocycles. The van der Waals surface area contributed by atoms with E-state index in [4.69, 9.17) is 0 Å². The Hall–Kier alpha value is 0.140. The molecule has 60 valence electrons. The second-order valence-electron chi connectivity index (χ2n) is 2.34. The van der Waals surface area contributed by atoms with Gasteiger partial charge < -0.3 is 5.11 Å². The second kappa shape index (κ2) is 3.70. The minimum absolute atomic E-state index is 0.429. The molecule has 1 aromatic rings. The van der Waals surface area contributed by atoms with Gasteiger partial charge in [-0.05, 0) is 30.7 Å². The van der Waals surface area contributed by atoms with E-state index in [0.29, 0.717) is 0 Å². The standard InChI is InChI=1S/C8H8Br2O/c1-5(11)7-4-6(9)2-3-8(7)10/h2-5,11H,1H3/t5-/m0/s1. The van der Waals surface area contributed by atoms with E-state index in [1.165, 1.54) is 0 Å². The third-order valence-electron chi connectivity index (χ3n) is 1.41. The molecule has 0 spiro atoms. The van der Waals surface area contributed by atoms with Gasteiger partial charge in [0.1, 0.15) is 0 Å². The predicted octanol–water partition coefficient (Wildman–Crippen LogP) is 3.26. The maximum absolute atomic E-state index is 9.28. The molecule has 0 heterocycles. The molecule has 0 unspecified atom stereocenters. The van der Waals surface area contributed by atoms with Crippen molar-refractivity contribution in [3.05, 3.63) is 32.7 Å². The summed E-state index contributed by atoms with van der Waals surface area (Å²) >= 11 is 6.68. The van der Waals surface area contributed by atoms with Crippen LogP contribution >= 0.6 is 31.9 Å². The Morgan fingerprint density at radius 3 is 2.45 bits per heavy atom. The third-order valence-corrected chi connectivity index (χ3v) is 2.62. The van der Waals surface area contributed by atoms with Crippen LogP contribution in [-0.4, -0.2) is 5.11 Å². The van der Waals surface area contributed by atoms with Crippen LogP contribution in [0.5, 0.6) is 0 Å². The van der Waals surface area contributed by atoms with Crippen molar-refractivity contribution in [3.63, 3.8) is 0 Å². The Morgan fingerprint density at radius 1 is 1.36 bits per heavy atom. The molecule has 0 saturated carbocycles. The van der Waals surface area contributed by atoms with Crippen LogP contribution < -0.4 is 0 Å². The molecule has 0 bridgehead atoms. The first kappa shape index (κ1) is 9.23. The lowest BCUT2D eigenvalue weighted by molar-refractivity contribution is 0.198. The van der Waals surface area contributed by atoms with Crippen molar-refractivity contribution in [1.82, 2.24) is 0 Å². The van der Waals surface area contributed by atoms with Crippen LogP contribution in [0.15, 0.2) is 27.1 Å². The maximum Gasteiger partial charge on any atom is 0.0773 e. The number of halogens is 2. The summed E-state index contributed by atoms with van der Waals surface area (Å²) < 4.78 is 1.92. The molecule has 0 aliphatic heterocycles. The molecule has 1 atom stereocenters. The van der Waals surface area contributed by atoms with Gasteiger partial charge in [0.15, 0.2) is 0 Å². The normalized spacial score (nSPS) is 13.1. The summed E-state index contributed by atoms with van der Waals surface area (Å²) in [5, 5.41) is 9.28. The Balaban J connectivity index is 3.13. The summed E-state index contributed by atoms with van der Waals surface area (Å²) in [6.45, 7) is 1.74. The van der Waals surface area contributed by atoms with Gasteiger partial charge in [-0.15, -0.1) is 0 Å². The minimum Gasteiger partial charge on any atom is -0.389 e. The van der Waals surface area contributed by atoms with Crippen molar-refractivity contribution in [2.45, 2.75) is 13.0 Å². The lowest BCUT2D eigenvalue weighted by atomic mass is 10.1. The lowest BCUT2D eigenvalue weighted by Crippen LogP contribution is -1.91. The van der Waals surface area contributed by atoms with E-state index in [-0.39, 0.29) is 0 Å². The lowest BCUT2D eigenvalue weighted by Gasteiger charge is -2.06. The first-order valence-electron chi connectivity index (χ1n) is 3.24. The fourth-order valence-electron chi connectivity index (χ4n) is 0.835. The van der Waals surface area contributed by atoms with Gasteiger partial charge >= 0.3 is 0 Å². The highest BCUT2D eigenvalue weighted by atomic mass is 79.9. The molecule has 0 amide bonds. The van der Waals surface area contributed by atoms with E-state index in [0.717, 1.165) is 14.5 Å². The molecule has 3 heteroatoms. The Bertz CT molecular complexity index is 258. The zero-order valence-electron chi connectivity index (χ0n) is 6.01. The Kier molecular flexibility index (Phi) is 3.10. The number of benzene rings is 1. The predicted molar refractivity (Wildman–Crippen MR) is 52.5 cm³/mol. The molecular formula is C8H8Br2O. The topological polar surface area (TPSA) is 20.2 Å². The molecule has 0 aliphatic carbocycles. The van der Waals surface area contributed by atoms with Gasteiger partial charge in [-0.25, -0.2) is 0 Å². The average Bonchev–Trinajstić information content (AvgIpc) is 1.94. The van der Waals surface area contributed by atoms with Gasteiger partial charge in [0.2, 0.25) is 0 Å². The fourth-order valence-corrected chi connectivity index (χ4v) is 1.79. The van der Waals surface area contributed by atoms with Crippen molar-refractivity contribution in [2.24, 2.45) is 0 Å². The van der Waals surface area contributed by atoms with E-state index >= 15 is 0 Å². The van der Waals surface area contributed by atoms with Crippen LogP contribution in [0.4, 0.5) is 0 Å². The first-order valence-corrected chi connectivity index (χ1v) is 4.83. The van der Waals surface area contributed by atoms with Crippen molar-refractivity contribution < 1.29 is 5.11 Å². The van der Waals surface area contributed by atoms with Gasteiger partial charge in [0, 0.05) is 8.95 Å². The van der Waals surface area contributed by atoms with Crippen molar-refractivity contribution in [2.75, 3.05) is 0 Å². The van der Waals surface area contributed by atoms with Gasteiger partial charge in [0.05, 0.1) is 6.10 Å². The van der Waals surface area contributed by atoms with Gasteiger partial charge in [0.25, 0.3) is 0 Å². The summed E-state index contributed by atoms with van der Waals surface area (Å²) in [5.74, 6) is 0. The zero-order valence-corrected chi connectivity index (χ0v) is 9.18. The first-order chi connectivity index (χ1) is 5.11. The van der Waals surface area contributed by atoms with E-state index < -0.39 is 6.10 Å². The van der Waals surface area contributed by atoms with Gasteiger partial charge in [-0.2, -0.15) is 0 Å². The van der Waals surface area contributed by atoms with E-state index in [2.05, 4.69) is 31.9 Å². The van der Waals surface area contributed by atoms with Gasteiger partial charge in [-0.3, -0.25) is 0 Å². The van der Waals surface area contributed by atoms with Crippen LogP contribution in [0.3, 0.4) is 0 Å². The highest BCUT2D eigenvalue weighted by Crippen LogP contribution is 2.26. The van der Waals surface area contributed by atoms with Crippen molar-refractivity contribution in [3.8, 4) is 0 Å². The molecule has 1 aromatic carbocycles. The molecule has 0 aliphatic rings. The quantitative estimate of drug-likeness (QED) is 0.837. The fraction of sp³-hybridized carbons (Fsp3) is 0.250. The van der Waals surface area contributed by atoms with Crippen LogP contribution in [0, 0.1) is 0 Å². The smallest absolute Gasteiger partial charge is 0.0773 e. The Morgan fingerprint density at radius 2 is 2.00 bits per heavy atom. The van der Waals surface area contributed by atoms with E-state index in [1.807, 2.05) is 18.2 Å². The summed E-state index contributed by atoms with van der Waals surface area (Å²) in [6, 6.07) is 5.73. The summed E-state index contributed by atoms with van der Waals surface area (Å²) in [5.41, 5.74) is 0.902. The summed E-state index contributed by atoms with van der Waals surface area (Å²) in [6.07, 6.45) is -0.429. The van der Waals surface area contributed by atoms with E-state index in [1.54, 1.807) is 6.92 Å². The van der Waals surface area contributed by atoms with Gasteiger partial charge in [-0.1, -0.05) is 31.9 Å². The molecule has 11 heavy (non-hydrogen) atoms. The van der Waals surface area contributed by atoms with Crippen LogP contribution in [0.1, 0.15) is 18.6 Å². The molecule has 1 N–H and O–H groups in total. The summed E-state index contributed by atoms with van der Waals surface area (Å²) in [7, 11) is 0. The SMILES string of the molecule is C[C@H](O)c1cc(Br)ccc1Br. The molecule has 1 rings (SSSR count). The van der Waals surface area contributed by atoms with Crippen LogP contribution in [0.2, 0.25) is 0 Å².